The van der Waals surface area contributed by atoms with Crippen LogP contribution in [-0.4, -0.2) is 16.2 Å². The second kappa shape index (κ2) is 9.36. The molecule has 4 heteroatoms. The zero-order chi connectivity index (χ0) is 20.9. The van der Waals surface area contributed by atoms with Crippen LogP contribution in [0.5, 0.6) is 5.75 Å². The number of hydrogen-bond acceptors (Lipinski definition) is 2. The van der Waals surface area contributed by atoms with Crippen molar-refractivity contribution in [3.05, 3.63) is 94.3 Å². The Morgan fingerprint density at radius 3 is 2.40 bits per heavy atom. The van der Waals surface area contributed by atoms with Gasteiger partial charge in [-0.05, 0) is 79.8 Å². The van der Waals surface area contributed by atoms with Gasteiger partial charge in [0.2, 0.25) is 0 Å². The largest absolute Gasteiger partial charge is 0.494 e. The van der Waals surface area contributed by atoms with Crippen molar-refractivity contribution < 1.29 is 4.74 Å². The van der Waals surface area contributed by atoms with E-state index in [9.17, 15) is 0 Å². The summed E-state index contributed by atoms with van der Waals surface area (Å²) in [5.41, 5.74) is 5.93. The first-order valence-corrected chi connectivity index (χ1v) is 10.9. The molecule has 30 heavy (non-hydrogen) atoms. The number of hydrogen-bond donors (Lipinski definition) is 0. The number of halogens is 1. The number of para-hydroxylation sites is 2. The Bertz CT molecular complexity index is 1110. The molecule has 1 heterocycles. The summed E-state index contributed by atoms with van der Waals surface area (Å²) in [6, 6.07) is 22.7. The van der Waals surface area contributed by atoms with Crippen molar-refractivity contribution >= 4 is 22.6 Å². The van der Waals surface area contributed by atoms with Gasteiger partial charge < -0.3 is 9.30 Å². The third-order valence-corrected chi connectivity index (χ3v) is 5.50. The number of imidazole rings is 1. The SMILES string of the molecule is Cc1cc(C)cc(OCCCCn2c(Cc3ccc(Cl)cc3)nc3ccccc32)c1. The fourth-order valence-corrected chi connectivity index (χ4v) is 4.00. The van der Waals surface area contributed by atoms with Crippen molar-refractivity contribution in [2.24, 2.45) is 0 Å². The van der Waals surface area contributed by atoms with Crippen molar-refractivity contribution in [1.29, 1.82) is 0 Å². The maximum atomic E-state index is 6.04. The van der Waals surface area contributed by atoms with Gasteiger partial charge in [0, 0.05) is 18.0 Å². The summed E-state index contributed by atoms with van der Waals surface area (Å²) in [4.78, 5) is 4.89. The predicted octanol–water partition coefficient (Wildman–Crippen LogP) is 6.76. The second-order valence-electron chi connectivity index (χ2n) is 7.85. The minimum absolute atomic E-state index is 0.724. The van der Waals surface area contributed by atoms with Crippen LogP contribution in [0, 0.1) is 13.8 Å². The van der Waals surface area contributed by atoms with Crippen LogP contribution in [0.1, 0.15) is 35.4 Å². The van der Waals surface area contributed by atoms with Gasteiger partial charge in [-0.25, -0.2) is 4.98 Å². The van der Waals surface area contributed by atoms with Gasteiger partial charge in [0.15, 0.2) is 0 Å². The average Bonchev–Trinajstić information content (AvgIpc) is 3.06. The molecule has 0 N–H and O–H groups in total. The Hall–Kier alpha value is -2.78. The van der Waals surface area contributed by atoms with Crippen LogP contribution < -0.4 is 4.74 Å². The first-order chi connectivity index (χ1) is 14.6. The van der Waals surface area contributed by atoms with Crippen molar-refractivity contribution in [1.82, 2.24) is 9.55 Å². The number of rotatable bonds is 8. The first kappa shape index (κ1) is 20.5. The smallest absolute Gasteiger partial charge is 0.119 e. The van der Waals surface area contributed by atoms with E-state index in [0.717, 1.165) is 54.5 Å². The predicted molar refractivity (Wildman–Crippen MR) is 125 cm³/mol. The average molecular weight is 419 g/mol. The summed E-state index contributed by atoms with van der Waals surface area (Å²) < 4.78 is 8.32. The molecule has 0 unspecified atom stereocenters. The number of nitrogens with zero attached hydrogens (tertiary/aromatic N) is 2. The van der Waals surface area contributed by atoms with E-state index in [1.807, 2.05) is 18.2 Å². The first-order valence-electron chi connectivity index (χ1n) is 10.5. The number of unbranched alkanes of at least 4 members (excludes halogenated alkanes) is 1. The van der Waals surface area contributed by atoms with E-state index < -0.39 is 0 Å². The molecule has 0 aliphatic heterocycles. The Balaban J connectivity index is 1.41. The van der Waals surface area contributed by atoms with Crippen LogP contribution >= 0.6 is 11.6 Å². The molecule has 0 aliphatic rings. The number of aryl methyl sites for hydroxylation is 3. The van der Waals surface area contributed by atoms with E-state index in [0.29, 0.717) is 0 Å². The molecular formula is C26H27ClN2O. The molecule has 0 saturated heterocycles. The topological polar surface area (TPSA) is 27.1 Å². The lowest BCUT2D eigenvalue weighted by molar-refractivity contribution is 0.303. The lowest BCUT2D eigenvalue weighted by Crippen LogP contribution is -2.07. The van der Waals surface area contributed by atoms with Crippen molar-refractivity contribution in [3.63, 3.8) is 0 Å². The minimum Gasteiger partial charge on any atom is -0.494 e. The maximum absolute atomic E-state index is 6.04. The normalized spacial score (nSPS) is 11.2. The van der Waals surface area contributed by atoms with E-state index in [4.69, 9.17) is 21.3 Å². The van der Waals surface area contributed by atoms with Crippen LogP contribution in [0.15, 0.2) is 66.7 Å². The highest BCUT2D eigenvalue weighted by atomic mass is 35.5. The highest BCUT2D eigenvalue weighted by Crippen LogP contribution is 2.21. The molecule has 154 valence electrons. The van der Waals surface area contributed by atoms with Crippen LogP contribution in [0.2, 0.25) is 5.02 Å². The van der Waals surface area contributed by atoms with Crippen molar-refractivity contribution in [2.75, 3.05) is 6.61 Å². The molecule has 0 bridgehead atoms. The molecule has 4 aromatic rings. The van der Waals surface area contributed by atoms with Crippen molar-refractivity contribution in [2.45, 2.75) is 39.7 Å². The van der Waals surface area contributed by atoms with Crippen LogP contribution in [0.25, 0.3) is 11.0 Å². The zero-order valence-corrected chi connectivity index (χ0v) is 18.3. The number of aromatic nitrogens is 2. The Morgan fingerprint density at radius 1 is 0.900 bits per heavy atom. The molecule has 1 aromatic heterocycles. The van der Waals surface area contributed by atoms with E-state index in [2.05, 4.69) is 66.9 Å². The summed E-state index contributed by atoms with van der Waals surface area (Å²) in [7, 11) is 0. The molecule has 4 rings (SSSR count). The lowest BCUT2D eigenvalue weighted by Gasteiger charge is -2.11. The highest BCUT2D eigenvalue weighted by Gasteiger charge is 2.11. The fourth-order valence-electron chi connectivity index (χ4n) is 3.87. The maximum Gasteiger partial charge on any atom is 0.119 e. The molecule has 0 atom stereocenters. The Labute approximate surface area is 183 Å². The summed E-state index contributed by atoms with van der Waals surface area (Å²) in [5.74, 6) is 2.05. The quantitative estimate of drug-likeness (QED) is 0.296. The lowest BCUT2D eigenvalue weighted by atomic mass is 10.1. The number of fused-ring (bicyclic) bond motifs is 1. The van der Waals surface area contributed by atoms with Gasteiger partial charge in [0.1, 0.15) is 11.6 Å². The van der Waals surface area contributed by atoms with E-state index in [1.54, 1.807) is 0 Å². The molecular weight excluding hydrogens is 392 g/mol. The molecule has 0 aliphatic carbocycles. The van der Waals surface area contributed by atoms with Gasteiger partial charge in [-0.15, -0.1) is 0 Å². The third kappa shape index (κ3) is 5.03. The van der Waals surface area contributed by atoms with Crippen LogP contribution in [-0.2, 0) is 13.0 Å². The fraction of sp³-hybridized carbons (Fsp3) is 0.269. The molecule has 0 amide bonds. The molecule has 0 radical (unpaired) electrons. The van der Waals surface area contributed by atoms with Gasteiger partial charge in [0.25, 0.3) is 0 Å². The van der Waals surface area contributed by atoms with Crippen molar-refractivity contribution in [3.8, 4) is 5.75 Å². The van der Waals surface area contributed by atoms with Gasteiger partial charge >= 0.3 is 0 Å². The van der Waals surface area contributed by atoms with Crippen LogP contribution in [0.4, 0.5) is 0 Å². The molecule has 0 spiro atoms. The zero-order valence-electron chi connectivity index (χ0n) is 17.6. The van der Waals surface area contributed by atoms with Gasteiger partial charge in [-0.2, -0.15) is 0 Å². The summed E-state index contributed by atoms with van der Waals surface area (Å²) in [6.07, 6.45) is 2.84. The number of ether oxygens (including phenoxy) is 1. The monoisotopic (exact) mass is 418 g/mol. The number of benzene rings is 3. The Kier molecular flexibility index (Phi) is 6.39. The molecule has 3 aromatic carbocycles. The van der Waals surface area contributed by atoms with E-state index >= 15 is 0 Å². The van der Waals surface area contributed by atoms with E-state index in [-0.39, 0.29) is 0 Å². The Morgan fingerprint density at radius 2 is 1.63 bits per heavy atom. The summed E-state index contributed by atoms with van der Waals surface area (Å²) >= 11 is 6.04. The highest BCUT2D eigenvalue weighted by molar-refractivity contribution is 6.30. The molecule has 0 saturated carbocycles. The van der Waals surface area contributed by atoms with Gasteiger partial charge in [0.05, 0.1) is 17.6 Å². The second-order valence-corrected chi connectivity index (χ2v) is 8.29. The molecule has 0 fully saturated rings. The summed E-state index contributed by atoms with van der Waals surface area (Å²) in [6.45, 7) is 5.86. The third-order valence-electron chi connectivity index (χ3n) is 5.25. The summed E-state index contributed by atoms with van der Waals surface area (Å²) in [5, 5.41) is 0.760. The van der Waals surface area contributed by atoms with Crippen LogP contribution in [0.3, 0.4) is 0 Å². The standard InChI is InChI=1S/C26H27ClN2O/c1-19-15-20(2)17-23(16-19)30-14-6-5-13-29-25-8-4-3-7-24(25)28-26(29)18-21-9-11-22(27)12-10-21/h3-4,7-12,15-17H,5-6,13-14,18H2,1-2H3. The minimum atomic E-state index is 0.724. The van der Waals surface area contributed by atoms with E-state index in [1.165, 1.54) is 22.2 Å². The van der Waals surface area contributed by atoms with Gasteiger partial charge in [-0.1, -0.05) is 41.9 Å². The molecule has 3 nitrogen and oxygen atoms in total. The van der Waals surface area contributed by atoms with Gasteiger partial charge in [-0.3, -0.25) is 0 Å².